The number of sulfone groups is 1. The highest BCUT2D eigenvalue weighted by Crippen LogP contribution is 2.22. The molecule has 2 aliphatic rings. The molecule has 0 radical (unpaired) electrons. The number of amides is 2. The van der Waals surface area contributed by atoms with Crippen LogP contribution in [0, 0.1) is 0 Å². The first-order valence-corrected chi connectivity index (χ1v) is 17.3. The first-order chi connectivity index (χ1) is 19.2. The molecule has 0 aliphatic carbocycles. The molecule has 2 unspecified atom stereocenters. The third-order valence-corrected chi connectivity index (χ3v) is 10.0. The van der Waals surface area contributed by atoms with Gasteiger partial charge in [-0.2, -0.15) is 11.8 Å². The molecule has 2 saturated heterocycles. The highest BCUT2D eigenvalue weighted by atomic mass is 32.2. The van der Waals surface area contributed by atoms with Crippen molar-refractivity contribution in [3.63, 3.8) is 0 Å². The Morgan fingerprint density at radius 1 is 1.10 bits per heavy atom. The summed E-state index contributed by atoms with van der Waals surface area (Å²) in [5.41, 5.74) is 1.95. The van der Waals surface area contributed by atoms with Gasteiger partial charge in [0.2, 0.25) is 11.8 Å². The summed E-state index contributed by atoms with van der Waals surface area (Å²) >= 11 is 1.82. The molecule has 10 heteroatoms. The number of hydrogen-bond donors (Lipinski definition) is 2. The minimum Gasteiger partial charge on any atom is -0.348 e. The van der Waals surface area contributed by atoms with Gasteiger partial charge in [0.05, 0.1) is 23.4 Å². The molecular weight excluding hydrogens is 544 g/mol. The normalized spacial score (nSPS) is 19.6. The predicted molar refractivity (Wildman–Crippen MR) is 161 cm³/mol. The van der Waals surface area contributed by atoms with Gasteiger partial charge in [-0.3, -0.25) is 9.59 Å². The number of carbonyl (C=O) groups excluding carboxylic acids is 2. The van der Waals surface area contributed by atoms with E-state index in [0.29, 0.717) is 6.54 Å². The first kappa shape index (κ1) is 30.6. The Bertz CT molecular complexity index is 1210. The van der Waals surface area contributed by atoms with E-state index in [0.717, 1.165) is 68.1 Å². The molecule has 218 valence electrons. The van der Waals surface area contributed by atoms with Crippen molar-refractivity contribution in [2.45, 2.75) is 55.6 Å². The summed E-state index contributed by atoms with van der Waals surface area (Å²) in [6.07, 6.45) is 4.12. The summed E-state index contributed by atoms with van der Waals surface area (Å²) in [6, 6.07) is 16.8. The fourth-order valence-electron chi connectivity index (χ4n) is 5.55. The first-order valence-electron chi connectivity index (χ1n) is 14.2. The van der Waals surface area contributed by atoms with Gasteiger partial charge in [-0.05, 0) is 49.4 Å². The van der Waals surface area contributed by atoms with E-state index in [4.69, 9.17) is 0 Å². The summed E-state index contributed by atoms with van der Waals surface area (Å²) in [6.45, 7) is 6.23. The summed E-state index contributed by atoms with van der Waals surface area (Å²) in [5, 5.41) is 6.64. The molecule has 0 spiro atoms. The number of nitrogens with one attached hydrogen (secondary N) is 2. The molecule has 2 aromatic carbocycles. The molecule has 2 atom stereocenters. The number of hydrogen-bond acceptors (Lipinski definition) is 7. The monoisotopic (exact) mass is 586 g/mol. The predicted octanol–water partition coefficient (Wildman–Crippen LogP) is 2.90. The average Bonchev–Trinajstić information content (AvgIpc) is 2.97. The maximum atomic E-state index is 13.2. The Morgan fingerprint density at radius 2 is 1.80 bits per heavy atom. The van der Waals surface area contributed by atoms with Crippen molar-refractivity contribution in [2.24, 2.45) is 0 Å². The van der Waals surface area contributed by atoms with Gasteiger partial charge >= 0.3 is 0 Å². The second kappa shape index (κ2) is 14.5. The van der Waals surface area contributed by atoms with E-state index >= 15 is 0 Å². The van der Waals surface area contributed by atoms with E-state index in [-0.39, 0.29) is 41.3 Å². The smallest absolute Gasteiger partial charge is 0.238 e. The minimum atomic E-state index is -3.25. The van der Waals surface area contributed by atoms with Crippen LogP contribution in [0.25, 0.3) is 0 Å². The average molecular weight is 587 g/mol. The zero-order valence-corrected chi connectivity index (χ0v) is 25.2. The molecule has 2 N–H and O–H groups in total. The van der Waals surface area contributed by atoms with Crippen LogP contribution in [-0.2, 0) is 25.8 Å². The molecule has 0 bridgehead atoms. The van der Waals surface area contributed by atoms with E-state index in [1.807, 2.05) is 41.8 Å². The van der Waals surface area contributed by atoms with Crippen LogP contribution in [0.5, 0.6) is 0 Å². The summed E-state index contributed by atoms with van der Waals surface area (Å²) < 4.78 is 23.4. The maximum absolute atomic E-state index is 13.2. The van der Waals surface area contributed by atoms with Gasteiger partial charge in [-0.25, -0.2) is 8.42 Å². The SMILES string of the molecule is CCN(C(=O)Cc1ccc(S(C)(=O)=O)cc1)C1CCN(CCC(NC(=O)C2CSCCN2)c2ccccc2)CC1. The molecule has 2 amide bonds. The van der Waals surface area contributed by atoms with Gasteiger partial charge in [0.25, 0.3) is 0 Å². The van der Waals surface area contributed by atoms with E-state index < -0.39 is 9.84 Å². The Kier molecular flexibility index (Phi) is 11.1. The lowest BCUT2D eigenvalue weighted by Crippen LogP contribution is -2.50. The lowest BCUT2D eigenvalue weighted by molar-refractivity contribution is -0.133. The fraction of sp³-hybridized carbons (Fsp3) is 0.533. The molecule has 2 aromatic rings. The number of benzene rings is 2. The lowest BCUT2D eigenvalue weighted by atomic mass is 9.99. The van der Waals surface area contributed by atoms with Crippen LogP contribution in [-0.4, -0.2) is 92.6 Å². The number of rotatable bonds is 11. The standard InChI is InChI=1S/C30H42N4O4S2/c1-3-34(29(35)21-23-9-11-26(12-10-23)40(2,37)38)25-13-17-33(18-14-25)19-15-27(24-7-5-4-6-8-24)32-30(36)28-22-39-20-16-31-28/h4-12,25,27-28,31H,3,13-22H2,1-2H3,(H,32,36). The molecule has 2 heterocycles. The van der Waals surface area contributed by atoms with Crippen molar-refractivity contribution in [3.05, 3.63) is 65.7 Å². The van der Waals surface area contributed by atoms with Gasteiger partial charge in [0.15, 0.2) is 9.84 Å². The number of likely N-dealkylation sites (N-methyl/N-ethyl adjacent to an activating group) is 1. The van der Waals surface area contributed by atoms with Crippen molar-refractivity contribution in [1.82, 2.24) is 20.4 Å². The largest absolute Gasteiger partial charge is 0.348 e. The van der Waals surface area contributed by atoms with Crippen LogP contribution < -0.4 is 10.6 Å². The van der Waals surface area contributed by atoms with Crippen molar-refractivity contribution in [2.75, 3.05) is 50.5 Å². The van der Waals surface area contributed by atoms with Gasteiger partial charge in [-0.15, -0.1) is 0 Å². The number of nitrogens with zero attached hydrogens (tertiary/aromatic N) is 2. The zero-order chi connectivity index (χ0) is 28.5. The van der Waals surface area contributed by atoms with Gasteiger partial charge < -0.3 is 20.4 Å². The van der Waals surface area contributed by atoms with Crippen LogP contribution >= 0.6 is 11.8 Å². The van der Waals surface area contributed by atoms with Crippen LogP contribution in [0.15, 0.2) is 59.5 Å². The lowest BCUT2D eigenvalue weighted by Gasteiger charge is -2.38. The molecular formula is C30H42N4O4S2. The topological polar surface area (TPSA) is 98.8 Å². The number of carbonyl (C=O) groups is 2. The molecule has 8 nitrogen and oxygen atoms in total. The molecule has 4 rings (SSSR count). The fourth-order valence-corrected chi connectivity index (χ4v) is 7.11. The van der Waals surface area contributed by atoms with Crippen molar-refractivity contribution in [1.29, 1.82) is 0 Å². The van der Waals surface area contributed by atoms with Crippen molar-refractivity contribution < 1.29 is 18.0 Å². The van der Waals surface area contributed by atoms with Gasteiger partial charge in [0, 0.05) is 56.5 Å². The highest BCUT2D eigenvalue weighted by molar-refractivity contribution is 7.99. The Hall–Kier alpha value is -2.40. The van der Waals surface area contributed by atoms with Crippen LogP contribution in [0.3, 0.4) is 0 Å². The van der Waals surface area contributed by atoms with Crippen molar-refractivity contribution in [3.8, 4) is 0 Å². The number of likely N-dealkylation sites (tertiary alicyclic amines) is 1. The third kappa shape index (κ3) is 8.55. The summed E-state index contributed by atoms with van der Waals surface area (Å²) in [7, 11) is -3.25. The zero-order valence-electron chi connectivity index (χ0n) is 23.6. The second-order valence-electron chi connectivity index (χ2n) is 10.7. The molecule has 0 aromatic heterocycles. The number of thioether (sulfide) groups is 1. The second-order valence-corrected chi connectivity index (χ2v) is 13.9. The Labute approximate surface area is 243 Å². The Balaban J connectivity index is 1.28. The van der Waals surface area contributed by atoms with Crippen LogP contribution in [0.2, 0.25) is 0 Å². The number of piperidine rings is 1. The highest BCUT2D eigenvalue weighted by Gasteiger charge is 2.28. The quantitative estimate of drug-likeness (QED) is 0.418. The van der Waals surface area contributed by atoms with E-state index in [1.54, 1.807) is 24.3 Å². The molecule has 2 fully saturated rings. The van der Waals surface area contributed by atoms with Gasteiger partial charge in [0.1, 0.15) is 0 Å². The van der Waals surface area contributed by atoms with E-state index in [9.17, 15) is 18.0 Å². The van der Waals surface area contributed by atoms with E-state index in [1.165, 1.54) is 6.26 Å². The van der Waals surface area contributed by atoms with Crippen LogP contribution in [0.1, 0.15) is 43.4 Å². The third-order valence-electron chi connectivity index (χ3n) is 7.86. The van der Waals surface area contributed by atoms with Gasteiger partial charge in [-0.1, -0.05) is 42.5 Å². The maximum Gasteiger partial charge on any atom is 0.238 e. The Morgan fingerprint density at radius 3 is 2.40 bits per heavy atom. The molecule has 0 saturated carbocycles. The molecule has 2 aliphatic heterocycles. The molecule has 40 heavy (non-hydrogen) atoms. The van der Waals surface area contributed by atoms with Crippen molar-refractivity contribution >= 4 is 33.4 Å². The van der Waals surface area contributed by atoms with E-state index in [2.05, 4.69) is 27.7 Å². The summed E-state index contributed by atoms with van der Waals surface area (Å²) in [5.74, 6) is 2.00. The van der Waals surface area contributed by atoms with Crippen LogP contribution in [0.4, 0.5) is 0 Å². The summed E-state index contributed by atoms with van der Waals surface area (Å²) in [4.78, 5) is 30.8. The minimum absolute atomic E-state index is 0.0389.